The number of aromatic nitrogens is 1. The van der Waals surface area contributed by atoms with Crippen molar-refractivity contribution in [3.8, 4) is 0 Å². The summed E-state index contributed by atoms with van der Waals surface area (Å²) in [4.78, 5) is 2.99. The lowest BCUT2D eigenvalue weighted by Crippen LogP contribution is -3.00. The molecule has 0 unspecified atom stereocenters. The van der Waals surface area contributed by atoms with Crippen molar-refractivity contribution in [3.63, 3.8) is 0 Å². The Kier molecular flexibility index (Phi) is 7.40. The summed E-state index contributed by atoms with van der Waals surface area (Å²) in [5.41, 5.74) is 6.32. The fraction of sp³-hybridized carbons (Fsp3) is 0.125. The lowest BCUT2D eigenvalue weighted by Gasteiger charge is -1.86. The monoisotopic (exact) mass is 322 g/mol. The van der Waals surface area contributed by atoms with Gasteiger partial charge in [0.05, 0.1) is 0 Å². The van der Waals surface area contributed by atoms with Gasteiger partial charge in [0.1, 0.15) is 6.21 Å². The number of nitrogens with one attached hydrogen (secondary N) is 1. The predicted octanol–water partition coefficient (Wildman–Crippen LogP) is -2.48. The number of thioether (sulfide) groups is 1. The largest absolute Gasteiger partial charge is 1.00 e. The summed E-state index contributed by atoms with van der Waals surface area (Å²) in [7, 11) is 0. The highest BCUT2D eigenvalue weighted by atomic mass is 127. The van der Waals surface area contributed by atoms with Gasteiger partial charge in [-0.25, -0.2) is 4.98 Å². The molecule has 76 valence electrons. The Morgan fingerprint density at radius 2 is 2.36 bits per heavy atom. The third-order valence-corrected chi connectivity index (χ3v) is 1.80. The van der Waals surface area contributed by atoms with Crippen molar-refractivity contribution >= 4 is 23.1 Å². The summed E-state index contributed by atoms with van der Waals surface area (Å²) >= 11 is 1.36. The number of amidine groups is 1. The van der Waals surface area contributed by atoms with Gasteiger partial charge < -0.3 is 29.7 Å². The van der Waals surface area contributed by atoms with Crippen LogP contribution in [0.1, 0.15) is 5.69 Å². The van der Waals surface area contributed by atoms with Gasteiger partial charge in [0, 0.05) is 12.1 Å². The van der Waals surface area contributed by atoms with Crippen molar-refractivity contribution in [2.24, 2.45) is 15.9 Å². The molecule has 0 radical (unpaired) electrons. The first-order valence-corrected chi connectivity index (χ1v) is 4.92. The summed E-state index contributed by atoms with van der Waals surface area (Å²) in [6.07, 6.45) is 5.29. The number of rotatable bonds is 2. The van der Waals surface area contributed by atoms with E-state index in [1.807, 2.05) is 30.7 Å². The minimum absolute atomic E-state index is 0. The number of nitrogens with two attached hydrogens (primary N) is 1. The molecule has 0 saturated heterocycles. The highest BCUT2D eigenvalue weighted by Crippen LogP contribution is 1.91. The van der Waals surface area contributed by atoms with Crippen molar-refractivity contribution in [2.45, 2.75) is 0 Å². The van der Waals surface area contributed by atoms with Crippen LogP contribution in [0.25, 0.3) is 0 Å². The van der Waals surface area contributed by atoms with Crippen molar-refractivity contribution in [2.75, 3.05) is 6.26 Å². The predicted molar refractivity (Wildman–Crippen MR) is 55.7 cm³/mol. The second-order valence-corrected chi connectivity index (χ2v) is 3.03. The minimum atomic E-state index is 0. The van der Waals surface area contributed by atoms with Gasteiger partial charge in [-0.15, -0.1) is 10.2 Å². The molecule has 0 spiro atoms. The fourth-order valence-corrected chi connectivity index (χ4v) is 0.805. The first-order valence-electron chi connectivity index (χ1n) is 3.70. The van der Waals surface area contributed by atoms with E-state index in [1.54, 1.807) is 6.21 Å². The summed E-state index contributed by atoms with van der Waals surface area (Å²) in [6.45, 7) is 0. The molecule has 1 aromatic rings. The van der Waals surface area contributed by atoms with Crippen molar-refractivity contribution in [1.82, 2.24) is 0 Å². The molecule has 0 aliphatic rings. The number of aromatic amines is 1. The first-order chi connectivity index (χ1) is 6.33. The van der Waals surface area contributed by atoms with Crippen LogP contribution in [0.5, 0.6) is 0 Å². The van der Waals surface area contributed by atoms with Crippen LogP contribution in [0.15, 0.2) is 34.6 Å². The molecule has 0 amide bonds. The van der Waals surface area contributed by atoms with E-state index in [-0.39, 0.29) is 24.0 Å². The van der Waals surface area contributed by atoms with Gasteiger partial charge in [0.2, 0.25) is 5.69 Å². The Hall–Kier alpha value is -0.630. The van der Waals surface area contributed by atoms with Gasteiger partial charge in [-0.1, -0.05) is 11.8 Å². The van der Waals surface area contributed by atoms with E-state index >= 15 is 0 Å². The smallest absolute Gasteiger partial charge is 0.223 e. The van der Waals surface area contributed by atoms with E-state index in [4.69, 9.17) is 5.73 Å². The van der Waals surface area contributed by atoms with E-state index in [2.05, 4.69) is 15.2 Å². The molecular weight excluding hydrogens is 311 g/mol. The van der Waals surface area contributed by atoms with E-state index in [1.165, 1.54) is 11.8 Å². The van der Waals surface area contributed by atoms with E-state index < -0.39 is 0 Å². The molecule has 14 heavy (non-hydrogen) atoms. The maximum atomic E-state index is 5.43. The lowest BCUT2D eigenvalue weighted by atomic mass is 10.4. The van der Waals surface area contributed by atoms with Gasteiger partial charge in [0.25, 0.3) is 0 Å². The molecular formula is C8H11IN4S. The van der Waals surface area contributed by atoms with Crippen LogP contribution < -0.4 is 34.7 Å². The summed E-state index contributed by atoms with van der Waals surface area (Å²) < 4.78 is 0. The Morgan fingerprint density at radius 1 is 1.57 bits per heavy atom. The summed E-state index contributed by atoms with van der Waals surface area (Å²) in [6, 6.07) is 5.71. The molecule has 0 aromatic carbocycles. The lowest BCUT2D eigenvalue weighted by molar-refractivity contribution is -0.379. The molecule has 4 nitrogen and oxygen atoms in total. The van der Waals surface area contributed by atoms with Crippen LogP contribution in [0.3, 0.4) is 0 Å². The van der Waals surface area contributed by atoms with E-state index in [9.17, 15) is 0 Å². The van der Waals surface area contributed by atoms with E-state index in [0.29, 0.717) is 5.17 Å². The number of halogens is 1. The second-order valence-electron chi connectivity index (χ2n) is 2.20. The van der Waals surface area contributed by atoms with Crippen molar-refractivity contribution in [1.29, 1.82) is 0 Å². The molecule has 6 heteroatoms. The fourth-order valence-electron chi connectivity index (χ4n) is 0.676. The molecule has 0 saturated carbocycles. The molecule has 1 rings (SSSR count). The quantitative estimate of drug-likeness (QED) is 0.284. The number of hydrogen-bond acceptors (Lipinski definition) is 3. The normalized spacial score (nSPS) is 11.4. The zero-order chi connectivity index (χ0) is 9.52. The number of hydrogen-bond donors (Lipinski definition) is 1. The van der Waals surface area contributed by atoms with E-state index in [0.717, 1.165) is 5.69 Å². The van der Waals surface area contributed by atoms with Gasteiger partial charge in [-0.2, -0.15) is 0 Å². The molecule has 0 atom stereocenters. The standard InChI is InChI=1S/C8H10N4S.HI/c1-13-8(9)12-11-6-7-4-2-3-5-10-7;/h2-6H,1H3,(H2,9,12);1H/b11-6-;. The highest BCUT2D eigenvalue weighted by molar-refractivity contribution is 8.13. The minimum Gasteiger partial charge on any atom is -1.00 e. The Balaban J connectivity index is 0.00000169. The number of pyridine rings is 1. The number of H-pyrrole nitrogens is 1. The first kappa shape index (κ1) is 13.4. The number of nitrogens with zero attached hydrogens (tertiary/aromatic N) is 2. The maximum absolute atomic E-state index is 5.43. The van der Waals surface area contributed by atoms with Gasteiger partial charge in [-0.05, 0) is 12.3 Å². The van der Waals surface area contributed by atoms with Crippen LogP contribution in [-0.4, -0.2) is 17.6 Å². The zero-order valence-corrected chi connectivity index (χ0v) is 10.6. The van der Waals surface area contributed by atoms with Crippen molar-refractivity contribution in [3.05, 3.63) is 30.1 Å². The third kappa shape index (κ3) is 5.18. The van der Waals surface area contributed by atoms with Crippen LogP contribution in [0.4, 0.5) is 0 Å². The highest BCUT2D eigenvalue weighted by Gasteiger charge is 1.91. The summed E-state index contributed by atoms with van der Waals surface area (Å²) in [5.74, 6) is 0. The van der Waals surface area contributed by atoms with Crippen LogP contribution in [-0.2, 0) is 0 Å². The van der Waals surface area contributed by atoms with Crippen LogP contribution in [0, 0.1) is 0 Å². The Bertz CT molecular complexity index is 312. The van der Waals surface area contributed by atoms with Gasteiger partial charge >= 0.3 is 0 Å². The van der Waals surface area contributed by atoms with Crippen molar-refractivity contribution < 1.29 is 29.0 Å². The maximum Gasteiger partial charge on any atom is 0.223 e. The van der Waals surface area contributed by atoms with Gasteiger partial charge in [0.15, 0.2) is 11.4 Å². The third-order valence-electron chi connectivity index (χ3n) is 1.30. The second kappa shape index (κ2) is 7.74. The SMILES string of the molecule is CS/C(N)=N/N=C\c1cccc[nH+]1.[I-]. The van der Waals surface area contributed by atoms with Gasteiger partial charge in [-0.3, -0.25) is 0 Å². The molecule has 1 heterocycles. The topological polar surface area (TPSA) is 64.9 Å². The van der Waals surface area contributed by atoms with Crippen LogP contribution >= 0.6 is 11.8 Å². The average Bonchev–Trinajstić information content (AvgIpc) is 2.19. The molecule has 0 aliphatic carbocycles. The summed E-state index contributed by atoms with van der Waals surface area (Å²) in [5, 5.41) is 7.99. The molecule has 0 bridgehead atoms. The average molecular weight is 322 g/mol. The molecule has 3 N–H and O–H groups in total. The molecule has 0 fully saturated rings. The Morgan fingerprint density at radius 3 is 2.93 bits per heavy atom. The molecule has 1 aromatic heterocycles. The Labute approximate surface area is 104 Å². The van der Waals surface area contributed by atoms with Crippen LogP contribution in [0.2, 0.25) is 0 Å². The zero-order valence-electron chi connectivity index (χ0n) is 7.64. The molecule has 0 aliphatic heterocycles.